The molecule has 0 bridgehead atoms. The predicted molar refractivity (Wildman–Crippen MR) is 107 cm³/mol. The van der Waals surface area contributed by atoms with Gasteiger partial charge in [0.1, 0.15) is 0 Å². The van der Waals surface area contributed by atoms with Crippen LogP contribution >= 0.6 is 0 Å². The molecule has 3 aromatic carbocycles. The fourth-order valence-electron chi connectivity index (χ4n) is 2.95. The van der Waals surface area contributed by atoms with Crippen LogP contribution in [0.15, 0.2) is 66.7 Å². The number of anilines is 3. The first-order valence-electron chi connectivity index (χ1n) is 8.51. The molecule has 0 atom stereocenters. The van der Waals surface area contributed by atoms with Crippen molar-refractivity contribution in [2.75, 3.05) is 33.3 Å². The summed E-state index contributed by atoms with van der Waals surface area (Å²) in [6, 6.07) is 21.8. The molecule has 5 heteroatoms. The summed E-state index contributed by atoms with van der Waals surface area (Å²) in [5.74, 6) is 2.69. The zero-order chi connectivity index (χ0) is 19.2. The van der Waals surface area contributed by atoms with Gasteiger partial charge in [0.15, 0.2) is 23.0 Å². The Morgan fingerprint density at radius 3 is 1.33 bits per heavy atom. The lowest BCUT2D eigenvalue weighted by molar-refractivity contribution is 0.355. The van der Waals surface area contributed by atoms with Crippen LogP contribution in [0.3, 0.4) is 0 Å². The van der Waals surface area contributed by atoms with Gasteiger partial charge in [-0.25, -0.2) is 0 Å². The second kappa shape index (κ2) is 8.36. The fraction of sp³-hybridized carbons (Fsp3) is 0.182. The van der Waals surface area contributed by atoms with Gasteiger partial charge >= 0.3 is 0 Å². The maximum absolute atomic E-state index is 5.48. The molecule has 0 aliphatic carbocycles. The highest BCUT2D eigenvalue weighted by Crippen LogP contribution is 2.41. The molecule has 0 amide bonds. The zero-order valence-electron chi connectivity index (χ0n) is 15.9. The Hall–Kier alpha value is -3.34. The number of ether oxygens (including phenoxy) is 4. The van der Waals surface area contributed by atoms with E-state index in [-0.39, 0.29) is 0 Å². The standard InChI is InChI=1S/C22H23NO4/c1-24-19-12-10-17(14-21(19)26-3)23(16-8-6-5-7-9-16)18-11-13-20(25-2)22(15-18)27-4/h5-15H,1-4H3. The van der Waals surface area contributed by atoms with Gasteiger partial charge in [-0.2, -0.15) is 0 Å². The molecule has 0 radical (unpaired) electrons. The largest absolute Gasteiger partial charge is 0.493 e. The van der Waals surface area contributed by atoms with Crippen molar-refractivity contribution < 1.29 is 18.9 Å². The topological polar surface area (TPSA) is 40.2 Å². The Labute approximate surface area is 159 Å². The Morgan fingerprint density at radius 1 is 0.481 bits per heavy atom. The first kappa shape index (κ1) is 18.5. The summed E-state index contributed by atoms with van der Waals surface area (Å²) in [7, 11) is 6.51. The summed E-state index contributed by atoms with van der Waals surface area (Å²) in [6.45, 7) is 0. The van der Waals surface area contributed by atoms with Crippen LogP contribution in [0.1, 0.15) is 0 Å². The molecule has 0 saturated heterocycles. The average molecular weight is 365 g/mol. The van der Waals surface area contributed by atoms with Crippen LogP contribution in [0.4, 0.5) is 17.1 Å². The quantitative estimate of drug-likeness (QED) is 0.576. The second-order valence-electron chi connectivity index (χ2n) is 5.75. The molecule has 0 saturated carbocycles. The third-order valence-electron chi connectivity index (χ3n) is 4.27. The van der Waals surface area contributed by atoms with Gasteiger partial charge in [-0.1, -0.05) is 18.2 Å². The van der Waals surface area contributed by atoms with Crippen LogP contribution in [0.25, 0.3) is 0 Å². The number of rotatable bonds is 7. The number of nitrogens with zero attached hydrogens (tertiary/aromatic N) is 1. The molecule has 0 aliphatic rings. The van der Waals surface area contributed by atoms with Crippen molar-refractivity contribution in [2.24, 2.45) is 0 Å². The van der Waals surface area contributed by atoms with Crippen LogP contribution < -0.4 is 23.8 Å². The van der Waals surface area contributed by atoms with E-state index in [1.165, 1.54) is 0 Å². The van der Waals surface area contributed by atoms with Crippen LogP contribution in [0.2, 0.25) is 0 Å². The lowest BCUT2D eigenvalue weighted by Gasteiger charge is -2.26. The van der Waals surface area contributed by atoms with Gasteiger partial charge in [0.05, 0.1) is 39.8 Å². The minimum atomic E-state index is 0.663. The van der Waals surface area contributed by atoms with Crippen LogP contribution in [-0.4, -0.2) is 28.4 Å². The molecular formula is C22H23NO4. The number of hydrogen-bond donors (Lipinski definition) is 0. The van der Waals surface area contributed by atoms with E-state index in [0.29, 0.717) is 23.0 Å². The monoisotopic (exact) mass is 365 g/mol. The van der Waals surface area contributed by atoms with Crippen molar-refractivity contribution in [1.82, 2.24) is 0 Å². The van der Waals surface area contributed by atoms with Crippen molar-refractivity contribution in [3.63, 3.8) is 0 Å². The number of methoxy groups -OCH3 is 4. The average Bonchev–Trinajstić information content (AvgIpc) is 2.74. The highest BCUT2D eigenvalue weighted by molar-refractivity contribution is 5.79. The molecule has 140 valence electrons. The van der Waals surface area contributed by atoms with Crippen LogP contribution in [-0.2, 0) is 0 Å². The highest BCUT2D eigenvalue weighted by atomic mass is 16.5. The molecule has 0 aromatic heterocycles. The molecule has 27 heavy (non-hydrogen) atoms. The van der Waals surface area contributed by atoms with E-state index in [1.54, 1.807) is 28.4 Å². The first-order chi connectivity index (χ1) is 13.2. The van der Waals surface area contributed by atoms with Crippen molar-refractivity contribution >= 4 is 17.1 Å². The van der Waals surface area contributed by atoms with E-state index in [0.717, 1.165) is 17.1 Å². The number of para-hydroxylation sites is 1. The molecule has 0 N–H and O–H groups in total. The van der Waals surface area contributed by atoms with Crippen molar-refractivity contribution in [3.05, 3.63) is 66.7 Å². The summed E-state index contributed by atoms with van der Waals surface area (Å²) < 4.78 is 21.7. The Kier molecular flexibility index (Phi) is 5.71. The maximum Gasteiger partial charge on any atom is 0.162 e. The van der Waals surface area contributed by atoms with E-state index in [9.17, 15) is 0 Å². The van der Waals surface area contributed by atoms with E-state index in [1.807, 2.05) is 66.7 Å². The lowest BCUT2D eigenvalue weighted by Crippen LogP contribution is -2.10. The van der Waals surface area contributed by atoms with Gasteiger partial charge in [-0.15, -0.1) is 0 Å². The molecule has 0 unspecified atom stereocenters. The van der Waals surface area contributed by atoms with Gasteiger partial charge < -0.3 is 23.8 Å². The van der Waals surface area contributed by atoms with Crippen molar-refractivity contribution in [2.45, 2.75) is 0 Å². The molecule has 3 aromatic rings. The van der Waals surface area contributed by atoms with E-state index < -0.39 is 0 Å². The van der Waals surface area contributed by atoms with Crippen LogP contribution in [0, 0.1) is 0 Å². The van der Waals surface area contributed by atoms with Crippen molar-refractivity contribution in [3.8, 4) is 23.0 Å². The number of benzene rings is 3. The SMILES string of the molecule is COc1ccc(N(c2ccccc2)c2ccc(OC)c(OC)c2)cc1OC. The summed E-state index contributed by atoms with van der Waals surface area (Å²) in [5, 5.41) is 0. The summed E-state index contributed by atoms with van der Waals surface area (Å²) in [4.78, 5) is 2.11. The molecule has 0 aliphatic heterocycles. The highest BCUT2D eigenvalue weighted by Gasteiger charge is 2.17. The summed E-state index contributed by atoms with van der Waals surface area (Å²) in [5.41, 5.74) is 2.88. The summed E-state index contributed by atoms with van der Waals surface area (Å²) in [6.07, 6.45) is 0. The van der Waals surface area contributed by atoms with Gasteiger partial charge in [-0.05, 0) is 36.4 Å². The minimum Gasteiger partial charge on any atom is -0.493 e. The minimum absolute atomic E-state index is 0.663. The van der Waals surface area contributed by atoms with E-state index in [2.05, 4.69) is 4.90 Å². The third-order valence-corrected chi connectivity index (χ3v) is 4.27. The molecule has 0 fully saturated rings. The van der Waals surface area contributed by atoms with Gasteiger partial charge in [-0.3, -0.25) is 0 Å². The summed E-state index contributed by atoms with van der Waals surface area (Å²) >= 11 is 0. The Bertz CT molecular complexity index is 841. The molecular weight excluding hydrogens is 342 g/mol. The Morgan fingerprint density at radius 2 is 0.926 bits per heavy atom. The van der Waals surface area contributed by atoms with Gasteiger partial charge in [0.25, 0.3) is 0 Å². The first-order valence-corrected chi connectivity index (χ1v) is 8.51. The fourth-order valence-corrected chi connectivity index (χ4v) is 2.95. The number of hydrogen-bond acceptors (Lipinski definition) is 5. The predicted octanol–water partition coefficient (Wildman–Crippen LogP) is 5.19. The van der Waals surface area contributed by atoms with E-state index in [4.69, 9.17) is 18.9 Å². The smallest absolute Gasteiger partial charge is 0.162 e. The van der Waals surface area contributed by atoms with Crippen molar-refractivity contribution in [1.29, 1.82) is 0 Å². The van der Waals surface area contributed by atoms with Gasteiger partial charge in [0, 0.05) is 17.8 Å². The van der Waals surface area contributed by atoms with Crippen LogP contribution in [0.5, 0.6) is 23.0 Å². The Balaban J connectivity index is 2.16. The molecule has 0 heterocycles. The molecule has 3 rings (SSSR count). The zero-order valence-corrected chi connectivity index (χ0v) is 15.9. The third kappa shape index (κ3) is 3.77. The second-order valence-corrected chi connectivity index (χ2v) is 5.75. The normalized spacial score (nSPS) is 10.2. The van der Waals surface area contributed by atoms with Gasteiger partial charge in [0.2, 0.25) is 0 Å². The molecule has 0 spiro atoms. The lowest BCUT2D eigenvalue weighted by atomic mass is 10.1. The van der Waals surface area contributed by atoms with E-state index >= 15 is 0 Å². The maximum atomic E-state index is 5.48. The molecule has 5 nitrogen and oxygen atoms in total.